The van der Waals surface area contributed by atoms with Crippen molar-refractivity contribution in [2.75, 3.05) is 12.3 Å². The SMILES string of the molecule is CCc1ccc(-c2cc3c(=O)[nH]nc(SCC(=O)NCCC(C)C)n3n2)cc1. The first-order valence-electron chi connectivity index (χ1n) is 9.45. The number of aromatic amines is 1. The van der Waals surface area contributed by atoms with Gasteiger partial charge < -0.3 is 5.32 Å². The summed E-state index contributed by atoms with van der Waals surface area (Å²) >= 11 is 1.25. The van der Waals surface area contributed by atoms with Crippen molar-refractivity contribution in [2.45, 2.75) is 38.8 Å². The molecule has 2 heterocycles. The maximum absolute atomic E-state index is 12.2. The molecule has 0 bridgehead atoms. The summed E-state index contributed by atoms with van der Waals surface area (Å²) in [5, 5.41) is 14.5. The van der Waals surface area contributed by atoms with Crippen LogP contribution < -0.4 is 10.9 Å². The van der Waals surface area contributed by atoms with Gasteiger partial charge in [-0.15, -0.1) is 5.10 Å². The highest BCUT2D eigenvalue weighted by molar-refractivity contribution is 7.99. The van der Waals surface area contributed by atoms with Crippen LogP contribution in [-0.4, -0.2) is 38.0 Å². The minimum atomic E-state index is -0.310. The fraction of sp³-hybridized carbons (Fsp3) is 0.400. The van der Waals surface area contributed by atoms with Gasteiger partial charge in [-0.1, -0.05) is 56.8 Å². The van der Waals surface area contributed by atoms with Crippen molar-refractivity contribution in [2.24, 2.45) is 5.92 Å². The summed E-state index contributed by atoms with van der Waals surface area (Å²) in [5.74, 6) is 0.698. The lowest BCUT2D eigenvalue weighted by Gasteiger charge is -2.07. The number of thioether (sulfide) groups is 1. The van der Waals surface area contributed by atoms with Crippen LogP contribution in [0.15, 0.2) is 40.3 Å². The average Bonchev–Trinajstić information content (AvgIpc) is 3.14. The quantitative estimate of drug-likeness (QED) is 0.568. The van der Waals surface area contributed by atoms with Crippen molar-refractivity contribution in [3.63, 3.8) is 0 Å². The van der Waals surface area contributed by atoms with Crippen LogP contribution in [0.4, 0.5) is 0 Å². The Morgan fingerprint density at radius 3 is 2.71 bits per heavy atom. The van der Waals surface area contributed by atoms with E-state index in [2.05, 4.69) is 53.5 Å². The molecule has 8 heteroatoms. The molecule has 148 valence electrons. The average molecular weight is 400 g/mol. The third kappa shape index (κ3) is 4.81. The molecule has 0 unspecified atom stereocenters. The Labute approximate surface area is 167 Å². The topological polar surface area (TPSA) is 92.1 Å². The number of rotatable bonds is 8. The van der Waals surface area contributed by atoms with E-state index in [-0.39, 0.29) is 17.2 Å². The Kier molecular flexibility index (Phi) is 6.51. The van der Waals surface area contributed by atoms with Gasteiger partial charge in [0.1, 0.15) is 5.52 Å². The third-order valence-electron chi connectivity index (χ3n) is 4.41. The first-order valence-corrected chi connectivity index (χ1v) is 10.4. The standard InChI is InChI=1S/C20H25N5O2S/c1-4-14-5-7-15(8-6-14)16-11-17-19(27)22-23-20(25(17)24-16)28-12-18(26)21-10-9-13(2)3/h5-8,11,13H,4,9-10,12H2,1-3H3,(H,21,26)(H,22,27). The molecule has 0 saturated heterocycles. The molecule has 2 aromatic heterocycles. The van der Waals surface area contributed by atoms with Crippen LogP contribution >= 0.6 is 11.8 Å². The molecule has 3 aromatic rings. The lowest BCUT2D eigenvalue weighted by molar-refractivity contribution is -0.118. The summed E-state index contributed by atoms with van der Waals surface area (Å²) in [6.07, 6.45) is 1.91. The highest BCUT2D eigenvalue weighted by Crippen LogP contribution is 2.22. The van der Waals surface area contributed by atoms with E-state index in [1.165, 1.54) is 21.8 Å². The Bertz CT molecular complexity index is 1010. The third-order valence-corrected chi connectivity index (χ3v) is 5.34. The van der Waals surface area contributed by atoms with Crippen LogP contribution in [0.3, 0.4) is 0 Å². The number of amides is 1. The molecular formula is C20H25N5O2S. The molecule has 0 radical (unpaired) electrons. The van der Waals surface area contributed by atoms with Gasteiger partial charge in [0.2, 0.25) is 11.1 Å². The van der Waals surface area contributed by atoms with Crippen LogP contribution in [0.1, 0.15) is 32.8 Å². The highest BCUT2D eigenvalue weighted by atomic mass is 32.2. The van der Waals surface area contributed by atoms with Gasteiger partial charge in [0, 0.05) is 12.1 Å². The molecule has 0 aliphatic rings. The van der Waals surface area contributed by atoms with E-state index in [0.29, 0.717) is 28.8 Å². The number of hydrogen-bond acceptors (Lipinski definition) is 5. The van der Waals surface area contributed by atoms with Gasteiger partial charge in [-0.3, -0.25) is 9.59 Å². The Morgan fingerprint density at radius 2 is 2.04 bits per heavy atom. The van der Waals surface area contributed by atoms with Crippen LogP contribution in [-0.2, 0) is 11.2 Å². The van der Waals surface area contributed by atoms with Gasteiger partial charge in [-0.05, 0) is 30.4 Å². The monoisotopic (exact) mass is 399 g/mol. The maximum atomic E-state index is 12.2. The van der Waals surface area contributed by atoms with Crippen molar-refractivity contribution >= 4 is 23.2 Å². The highest BCUT2D eigenvalue weighted by Gasteiger charge is 2.13. The number of aromatic nitrogens is 4. The fourth-order valence-electron chi connectivity index (χ4n) is 2.72. The predicted molar refractivity (Wildman–Crippen MR) is 112 cm³/mol. The van der Waals surface area contributed by atoms with E-state index >= 15 is 0 Å². The van der Waals surface area contributed by atoms with Crippen molar-refractivity contribution in [3.05, 3.63) is 46.2 Å². The molecule has 1 aromatic carbocycles. The number of nitrogens with zero attached hydrogens (tertiary/aromatic N) is 3. The second-order valence-electron chi connectivity index (χ2n) is 7.03. The maximum Gasteiger partial charge on any atom is 0.290 e. The summed E-state index contributed by atoms with van der Waals surface area (Å²) in [7, 11) is 0. The number of H-pyrrole nitrogens is 1. The van der Waals surface area contributed by atoms with E-state index < -0.39 is 0 Å². The zero-order valence-electron chi connectivity index (χ0n) is 16.4. The zero-order chi connectivity index (χ0) is 20.1. The van der Waals surface area contributed by atoms with Gasteiger partial charge in [0.05, 0.1) is 11.4 Å². The molecule has 0 atom stereocenters. The van der Waals surface area contributed by atoms with Crippen LogP contribution in [0, 0.1) is 5.92 Å². The molecule has 0 spiro atoms. The minimum absolute atomic E-state index is 0.0608. The number of carbonyl (C=O) groups is 1. The predicted octanol–water partition coefficient (Wildman–Crippen LogP) is 2.90. The first kappa shape index (κ1) is 20.1. The van der Waals surface area contributed by atoms with E-state index in [1.54, 1.807) is 6.07 Å². The Hall–Kier alpha value is -2.61. The molecule has 0 aliphatic carbocycles. The molecular weight excluding hydrogens is 374 g/mol. The summed E-state index contributed by atoms with van der Waals surface area (Å²) in [6, 6.07) is 9.85. The van der Waals surface area contributed by atoms with E-state index in [9.17, 15) is 9.59 Å². The second-order valence-corrected chi connectivity index (χ2v) is 7.98. The zero-order valence-corrected chi connectivity index (χ0v) is 17.2. The lowest BCUT2D eigenvalue weighted by Crippen LogP contribution is -2.27. The molecule has 0 saturated carbocycles. The molecule has 0 fully saturated rings. The van der Waals surface area contributed by atoms with Gasteiger partial charge in [0.25, 0.3) is 5.56 Å². The van der Waals surface area contributed by atoms with Crippen molar-refractivity contribution in [1.29, 1.82) is 0 Å². The van der Waals surface area contributed by atoms with Crippen LogP contribution in [0.5, 0.6) is 0 Å². The first-order chi connectivity index (χ1) is 13.5. The van der Waals surface area contributed by atoms with Gasteiger partial charge in [-0.25, -0.2) is 9.61 Å². The largest absolute Gasteiger partial charge is 0.355 e. The van der Waals surface area contributed by atoms with E-state index in [0.717, 1.165) is 18.4 Å². The molecule has 1 amide bonds. The molecule has 3 rings (SSSR count). The summed E-state index contributed by atoms with van der Waals surface area (Å²) in [5.41, 5.74) is 2.97. The number of hydrogen-bond donors (Lipinski definition) is 2. The van der Waals surface area contributed by atoms with Crippen molar-refractivity contribution in [3.8, 4) is 11.3 Å². The van der Waals surface area contributed by atoms with Crippen LogP contribution in [0.25, 0.3) is 16.8 Å². The molecule has 28 heavy (non-hydrogen) atoms. The Balaban J connectivity index is 1.78. The van der Waals surface area contributed by atoms with E-state index in [1.807, 2.05) is 12.1 Å². The van der Waals surface area contributed by atoms with Gasteiger partial charge in [-0.2, -0.15) is 5.10 Å². The molecule has 2 N–H and O–H groups in total. The molecule has 7 nitrogen and oxygen atoms in total. The van der Waals surface area contributed by atoms with Gasteiger partial charge in [0.15, 0.2) is 0 Å². The number of benzene rings is 1. The fourth-order valence-corrected chi connectivity index (χ4v) is 3.45. The number of nitrogens with one attached hydrogen (secondary N) is 2. The normalized spacial score (nSPS) is 11.3. The number of aryl methyl sites for hydroxylation is 1. The number of fused-ring (bicyclic) bond motifs is 1. The van der Waals surface area contributed by atoms with Gasteiger partial charge >= 0.3 is 0 Å². The summed E-state index contributed by atoms with van der Waals surface area (Å²) in [4.78, 5) is 24.2. The smallest absolute Gasteiger partial charge is 0.290 e. The summed E-state index contributed by atoms with van der Waals surface area (Å²) < 4.78 is 1.51. The van der Waals surface area contributed by atoms with Crippen LogP contribution in [0.2, 0.25) is 0 Å². The second kappa shape index (κ2) is 9.05. The van der Waals surface area contributed by atoms with E-state index in [4.69, 9.17) is 0 Å². The molecule has 0 aliphatic heterocycles. The van der Waals surface area contributed by atoms with Crippen molar-refractivity contribution < 1.29 is 4.79 Å². The Morgan fingerprint density at radius 1 is 1.29 bits per heavy atom. The summed E-state index contributed by atoms with van der Waals surface area (Å²) in [6.45, 7) is 7.00. The lowest BCUT2D eigenvalue weighted by atomic mass is 10.1. The number of carbonyl (C=O) groups excluding carboxylic acids is 1. The minimum Gasteiger partial charge on any atom is -0.355 e. The van der Waals surface area contributed by atoms with Crippen molar-refractivity contribution in [1.82, 2.24) is 25.1 Å².